The molecule has 0 aliphatic heterocycles. The first-order valence-electron chi connectivity index (χ1n) is 6.13. The first-order valence-corrected chi connectivity index (χ1v) is 7.01. The van der Waals surface area contributed by atoms with Crippen LogP contribution in [-0.2, 0) is 11.2 Å². The van der Waals surface area contributed by atoms with Crippen LogP contribution in [0.5, 0.6) is 0 Å². The molecule has 102 valence electrons. The fourth-order valence-corrected chi connectivity index (χ4v) is 2.09. The lowest BCUT2D eigenvalue weighted by molar-refractivity contribution is -0.132. The summed E-state index contributed by atoms with van der Waals surface area (Å²) in [4.78, 5) is 16.5. The van der Waals surface area contributed by atoms with Crippen molar-refractivity contribution >= 4 is 17.2 Å². The summed E-state index contributed by atoms with van der Waals surface area (Å²) in [5.41, 5.74) is 5.92. The van der Waals surface area contributed by atoms with Crippen molar-refractivity contribution in [2.75, 3.05) is 6.54 Å². The topological polar surface area (TPSA) is 68.0 Å². The maximum absolute atomic E-state index is 12.1. The molecule has 0 radical (unpaired) electrons. The Morgan fingerprint density at radius 3 is 2.50 bits per heavy atom. The van der Waals surface area contributed by atoms with Crippen molar-refractivity contribution in [2.24, 2.45) is 11.1 Å². The van der Waals surface area contributed by atoms with E-state index < -0.39 is 11.0 Å². The Balaban J connectivity index is 2.47. The Kier molecular flexibility index (Phi) is 4.50. The fourth-order valence-electron chi connectivity index (χ4n) is 1.31. The number of carbonyl (C=O) groups is 1. The minimum atomic E-state index is -0.591. The summed E-state index contributed by atoms with van der Waals surface area (Å²) in [6.45, 7) is 10.1. The summed E-state index contributed by atoms with van der Waals surface area (Å²) >= 11 is 1.63. The third kappa shape index (κ3) is 3.53. The molecule has 0 spiro atoms. The number of nitrogens with two attached hydrogens (primary N) is 1. The molecule has 0 fully saturated rings. The van der Waals surface area contributed by atoms with Crippen LogP contribution in [0.4, 0.5) is 0 Å². The molecular weight excluding hydrogens is 246 g/mol. The van der Waals surface area contributed by atoms with E-state index in [9.17, 15) is 4.79 Å². The van der Waals surface area contributed by atoms with Gasteiger partial charge in [0.25, 0.3) is 0 Å². The van der Waals surface area contributed by atoms with Crippen LogP contribution in [0.15, 0.2) is 5.38 Å². The predicted octanol–water partition coefficient (Wildman–Crippen LogP) is 1.87. The second kappa shape index (κ2) is 5.36. The van der Waals surface area contributed by atoms with Crippen LogP contribution in [0.3, 0.4) is 0 Å². The van der Waals surface area contributed by atoms with E-state index in [0.717, 1.165) is 17.1 Å². The average molecular weight is 269 g/mol. The standard InChI is InChI=1S/C13H23N3OS/c1-9-8-18-10(16-9)6-7-15-11(17)12(2,3)13(4,5)14/h8H,6-7,14H2,1-5H3,(H,15,17). The zero-order valence-corrected chi connectivity index (χ0v) is 12.6. The maximum atomic E-state index is 12.1. The van der Waals surface area contributed by atoms with Gasteiger partial charge in [-0.2, -0.15) is 0 Å². The van der Waals surface area contributed by atoms with Gasteiger partial charge in [0.2, 0.25) is 5.91 Å². The molecule has 1 aromatic rings. The van der Waals surface area contributed by atoms with Gasteiger partial charge in [0.05, 0.1) is 10.4 Å². The van der Waals surface area contributed by atoms with E-state index in [2.05, 4.69) is 10.3 Å². The van der Waals surface area contributed by atoms with Gasteiger partial charge in [-0.3, -0.25) is 4.79 Å². The number of rotatable bonds is 5. The maximum Gasteiger partial charge on any atom is 0.227 e. The molecule has 1 rings (SSSR count). The molecule has 1 aromatic heterocycles. The third-order valence-corrected chi connectivity index (χ3v) is 4.50. The van der Waals surface area contributed by atoms with Gasteiger partial charge in [0.15, 0.2) is 0 Å². The highest BCUT2D eigenvalue weighted by molar-refractivity contribution is 7.09. The van der Waals surface area contributed by atoms with E-state index in [0.29, 0.717) is 6.54 Å². The molecule has 0 unspecified atom stereocenters. The van der Waals surface area contributed by atoms with Crippen LogP contribution in [0, 0.1) is 12.3 Å². The highest BCUT2D eigenvalue weighted by Gasteiger charge is 2.40. The second-order valence-corrected chi connectivity index (χ2v) is 6.68. The molecule has 18 heavy (non-hydrogen) atoms. The smallest absolute Gasteiger partial charge is 0.227 e. The first-order chi connectivity index (χ1) is 8.14. The van der Waals surface area contributed by atoms with Crippen LogP contribution in [0.2, 0.25) is 0 Å². The minimum absolute atomic E-state index is 0.0109. The molecule has 5 heteroatoms. The van der Waals surface area contributed by atoms with Crippen molar-refractivity contribution in [1.29, 1.82) is 0 Å². The van der Waals surface area contributed by atoms with E-state index >= 15 is 0 Å². The molecule has 0 aliphatic rings. The van der Waals surface area contributed by atoms with Gasteiger partial charge in [0.1, 0.15) is 0 Å². The number of hydrogen-bond acceptors (Lipinski definition) is 4. The number of aryl methyl sites for hydroxylation is 1. The summed E-state index contributed by atoms with van der Waals surface area (Å²) in [6.07, 6.45) is 0.769. The van der Waals surface area contributed by atoms with Crippen molar-refractivity contribution in [3.05, 3.63) is 16.1 Å². The van der Waals surface area contributed by atoms with Crippen molar-refractivity contribution < 1.29 is 4.79 Å². The molecule has 0 aromatic carbocycles. The Hall–Kier alpha value is -0.940. The van der Waals surface area contributed by atoms with Crippen molar-refractivity contribution in [1.82, 2.24) is 10.3 Å². The number of nitrogens with one attached hydrogen (secondary N) is 1. The molecular formula is C13H23N3OS. The average Bonchev–Trinajstić information content (AvgIpc) is 2.62. The Labute approximate surface area is 113 Å². The van der Waals surface area contributed by atoms with Gasteiger partial charge in [-0.15, -0.1) is 11.3 Å². The SMILES string of the molecule is Cc1csc(CCNC(=O)C(C)(C)C(C)(C)N)n1. The van der Waals surface area contributed by atoms with Gasteiger partial charge in [-0.1, -0.05) is 0 Å². The highest BCUT2D eigenvalue weighted by Crippen LogP contribution is 2.28. The van der Waals surface area contributed by atoms with E-state index in [1.807, 2.05) is 40.0 Å². The minimum Gasteiger partial charge on any atom is -0.355 e. The number of hydrogen-bond donors (Lipinski definition) is 2. The summed E-state index contributed by atoms with van der Waals surface area (Å²) in [7, 11) is 0. The van der Waals surface area contributed by atoms with Gasteiger partial charge < -0.3 is 11.1 Å². The quantitative estimate of drug-likeness (QED) is 0.857. The number of thiazole rings is 1. The lowest BCUT2D eigenvalue weighted by atomic mass is 9.74. The Morgan fingerprint density at radius 2 is 2.06 bits per heavy atom. The molecule has 1 heterocycles. The zero-order chi connectivity index (χ0) is 14.0. The van der Waals surface area contributed by atoms with Gasteiger partial charge in [-0.25, -0.2) is 4.98 Å². The molecule has 0 bridgehead atoms. The number of amides is 1. The molecule has 3 N–H and O–H groups in total. The first kappa shape index (κ1) is 15.1. The number of carbonyl (C=O) groups excluding carboxylic acids is 1. The fraction of sp³-hybridized carbons (Fsp3) is 0.692. The number of nitrogens with zero attached hydrogens (tertiary/aromatic N) is 1. The van der Waals surface area contributed by atoms with Crippen LogP contribution < -0.4 is 11.1 Å². The molecule has 0 atom stereocenters. The van der Waals surface area contributed by atoms with Crippen LogP contribution in [-0.4, -0.2) is 23.0 Å². The van der Waals surface area contributed by atoms with Crippen LogP contribution in [0.25, 0.3) is 0 Å². The molecule has 0 saturated carbocycles. The highest BCUT2D eigenvalue weighted by atomic mass is 32.1. The zero-order valence-electron chi connectivity index (χ0n) is 11.8. The number of aromatic nitrogens is 1. The largest absolute Gasteiger partial charge is 0.355 e. The second-order valence-electron chi connectivity index (χ2n) is 5.74. The summed E-state index contributed by atoms with van der Waals surface area (Å²) < 4.78 is 0. The Morgan fingerprint density at radius 1 is 1.44 bits per heavy atom. The summed E-state index contributed by atoms with van der Waals surface area (Å²) in [5, 5.41) is 6.01. The van der Waals surface area contributed by atoms with E-state index in [1.165, 1.54) is 0 Å². The summed E-state index contributed by atoms with van der Waals surface area (Å²) in [6, 6.07) is 0. The van der Waals surface area contributed by atoms with Gasteiger partial charge in [0, 0.05) is 29.6 Å². The van der Waals surface area contributed by atoms with Crippen molar-refractivity contribution in [3.8, 4) is 0 Å². The molecule has 4 nitrogen and oxygen atoms in total. The summed E-state index contributed by atoms with van der Waals surface area (Å²) in [5.74, 6) is -0.0109. The predicted molar refractivity (Wildman–Crippen MR) is 75.6 cm³/mol. The molecule has 1 amide bonds. The Bertz CT molecular complexity index is 418. The van der Waals surface area contributed by atoms with E-state index in [1.54, 1.807) is 11.3 Å². The molecule has 0 aliphatic carbocycles. The van der Waals surface area contributed by atoms with Crippen LogP contribution in [0.1, 0.15) is 38.4 Å². The van der Waals surface area contributed by atoms with Gasteiger partial charge >= 0.3 is 0 Å². The molecule has 0 saturated heterocycles. The third-order valence-electron chi connectivity index (χ3n) is 3.47. The van der Waals surface area contributed by atoms with E-state index in [4.69, 9.17) is 5.73 Å². The lowest BCUT2D eigenvalue weighted by Gasteiger charge is -2.36. The normalized spacial score (nSPS) is 12.6. The van der Waals surface area contributed by atoms with Crippen LogP contribution >= 0.6 is 11.3 Å². The van der Waals surface area contributed by atoms with E-state index in [-0.39, 0.29) is 5.91 Å². The van der Waals surface area contributed by atoms with Gasteiger partial charge in [-0.05, 0) is 34.6 Å². The monoisotopic (exact) mass is 269 g/mol. The van der Waals surface area contributed by atoms with Crippen molar-refractivity contribution in [3.63, 3.8) is 0 Å². The lowest BCUT2D eigenvalue weighted by Crippen LogP contribution is -2.55. The van der Waals surface area contributed by atoms with Crippen molar-refractivity contribution in [2.45, 2.75) is 46.6 Å².